The third kappa shape index (κ3) is 4.09. The third-order valence-corrected chi connectivity index (χ3v) is 4.42. The number of carbonyl (C=O) groups is 2. The number of anilines is 1. The molecule has 0 aliphatic rings. The Balaban J connectivity index is 1.79. The average molecular weight is 368 g/mol. The van der Waals surface area contributed by atoms with Crippen LogP contribution in [0.3, 0.4) is 0 Å². The number of methoxy groups -OCH3 is 1. The van der Waals surface area contributed by atoms with E-state index in [-0.39, 0.29) is 0 Å². The number of hydrogen-bond donors (Lipinski definition) is 1. The van der Waals surface area contributed by atoms with Crippen molar-refractivity contribution >= 4 is 44.1 Å². The lowest BCUT2D eigenvalue weighted by Gasteiger charge is -2.08. The third-order valence-electron chi connectivity index (χ3n) is 3.52. The number of nitrogens with one attached hydrogen (secondary N) is 1. The molecule has 0 fully saturated rings. The molecular weight excluding hydrogens is 352 g/mol. The molecule has 0 radical (unpaired) electrons. The van der Waals surface area contributed by atoms with Crippen molar-refractivity contribution in [3.63, 3.8) is 0 Å². The Morgan fingerprint density at radius 3 is 2.65 bits per heavy atom. The van der Waals surface area contributed by atoms with Crippen molar-refractivity contribution in [3.05, 3.63) is 48.5 Å². The maximum absolute atomic E-state index is 12.3. The highest BCUT2D eigenvalue weighted by molar-refractivity contribution is 7.21. The minimum Gasteiger partial charge on any atom is -0.497 e. The highest BCUT2D eigenvalue weighted by Gasteiger charge is 2.23. The molecule has 1 unspecified atom stereocenters. The fraction of sp³-hybridized carbons (Fsp3) is 0.167. The lowest BCUT2D eigenvalue weighted by Crippen LogP contribution is -2.31. The topological polar surface area (TPSA) is 93.0 Å². The van der Waals surface area contributed by atoms with Crippen molar-refractivity contribution in [1.29, 1.82) is 0 Å². The van der Waals surface area contributed by atoms with Crippen LogP contribution in [0.25, 0.3) is 10.2 Å². The number of nitrogens with zero attached hydrogens (tertiary/aromatic N) is 3. The molecule has 1 aromatic heterocycles. The normalized spacial score (nSPS) is 12.2. The second-order valence-corrected chi connectivity index (χ2v) is 6.42. The van der Waals surface area contributed by atoms with Gasteiger partial charge < -0.3 is 10.1 Å². The molecule has 0 spiro atoms. The minimum absolute atomic E-state index is 0.368. The van der Waals surface area contributed by atoms with Crippen LogP contribution in [0, 0.1) is 0 Å². The van der Waals surface area contributed by atoms with Crippen LogP contribution >= 0.6 is 11.3 Å². The minimum atomic E-state index is -1.23. The van der Waals surface area contributed by atoms with Gasteiger partial charge in [0.25, 0.3) is 5.91 Å². The van der Waals surface area contributed by atoms with Crippen LogP contribution in [0.4, 0.5) is 10.8 Å². The van der Waals surface area contributed by atoms with E-state index in [1.54, 1.807) is 37.4 Å². The second-order valence-electron chi connectivity index (χ2n) is 5.41. The van der Waals surface area contributed by atoms with Gasteiger partial charge in [-0.1, -0.05) is 29.5 Å². The van der Waals surface area contributed by atoms with Crippen LogP contribution in [-0.4, -0.2) is 29.8 Å². The van der Waals surface area contributed by atoms with Crippen molar-refractivity contribution < 1.29 is 14.3 Å². The number of hydrogen-bond acceptors (Lipinski definition) is 7. The summed E-state index contributed by atoms with van der Waals surface area (Å²) in [6.07, 6.45) is 0. The van der Waals surface area contributed by atoms with E-state index in [0.29, 0.717) is 16.6 Å². The summed E-state index contributed by atoms with van der Waals surface area (Å²) in [5.41, 5.74) is 1.34. The largest absolute Gasteiger partial charge is 0.497 e. The number of ether oxygens (including phenoxy) is 1. The van der Waals surface area contributed by atoms with Crippen LogP contribution in [0.5, 0.6) is 5.75 Å². The van der Waals surface area contributed by atoms with Gasteiger partial charge in [0.15, 0.2) is 5.78 Å². The first kappa shape index (κ1) is 17.7. The maximum atomic E-state index is 12.3. The Morgan fingerprint density at radius 2 is 1.96 bits per heavy atom. The van der Waals surface area contributed by atoms with Gasteiger partial charge in [-0.2, -0.15) is 5.11 Å². The number of thiazole rings is 1. The predicted octanol–water partition coefficient (Wildman–Crippen LogP) is 3.98. The fourth-order valence-corrected chi connectivity index (χ4v) is 3.04. The summed E-state index contributed by atoms with van der Waals surface area (Å²) >= 11 is 1.30. The van der Waals surface area contributed by atoms with E-state index in [0.717, 1.165) is 10.2 Å². The molecule has 1 N–H and O–H groups in total. The summed E-state index contributed by atoms with van der Waals surface area (Å²) in [7, 11) is 1.59. The molecule has 7 nitrogen and oxygen atoms in total. The van der Waals surface area contributed by atoms with Gasteiger partial charge in [-0.05, 0) is 37.3 Å². The van der Waals surface area contributed by atoms with Gasteiger partial charge in [-0.15, -0.1) is 5.11 Å². The van der Waals surface area contributed by atoms with E-state index >= 15 is 0 Å². The van der Waals surface area contributed by atoms with Crippen molar-refractivity contribution in [3.8, 4) is 5.75 Å². The fourth-order valence-electron chi connectivity index (χ4n) is 2.22. The number of carbonyl (C=O) groups excluding carboxylic acids is 2. The second kappa shape index (κ2) is 7.83. The molecule has 0 aliphatic heterocycles. The molecule has 2 aromatic carbocycles. The molecule has 0 aliphatic carbocycles. The molecule has 8 heteroatoms. The molecule has 132 valence electrons. The first-order chi connectivity index (χ1) is 12.6. The van der Waals surface area contributed by atoms with Gasteiger partial charge in [0.05, 0.1) is 17.3 Å². The van der Waals surface area contributed by atoms with Crippen molar-refractivity contribution in [2.45, 2.75) is 13.0 Å². The standard InChI is InChI=1S/C18H16N4O3S/c1-11(23)16(17(24)19-12-6-4-3-5-7-12)21-22-18-20-14-9-8-13(25-2)10-15(14)26-18/h3-10,16H,1-2H3,(H,19,24). The van der Waals surface area contributed by atoms with Gasteiger partial charge in [0.1, 0.15) is 5.75 Å². The zero-order chi connectivity index (χ0) is 18.5. The van der Waals surface area contributed by atoms with Crippen LogP contribution in [0.2, 0.25) is 0 Å². The number of aromatic nitrogens is 1. The molecule has 3 rings (SSSR count). The number of rotatable bonds is 6. The van der Waals surface area contributed by atoms with E-state index in [1.165, 1.54) is 18.3 Å². The molecule has 1 atom stereocenters. The Hall–Kier alpha value is -3.13. The van der Waals surface area contributed by atoms with Gasteiger partial charge in [0, 0.05) is 5.69 Å². The lowest BCUT2D eigenvalue weighted by molar-refractivity contribution is -0.126. The highest BCUT2D eigenvalue weighted by Crippen LogP contribution is 2.31. The summed E-state index contributed by atoms with van der Waals surface area (Å²) in [5.74, 6) is -0.214. The van der Waals surface area contributed by atoms with E-state index in [2.05, 4.69) is 20.5 Å². The highest BCUT2D eigenvalue weighted by atomic mass is 32.1. The number of amides is 1. The first-order valence-electron chi connectivity index (χ1n) is 7.78. The molecule has 26 heavy (non-hydrogen) atoms. The van der Waals surface area contributed by atoms with Gasteiger partial charge >= 0.3 is 0 Å². The molecule has 1 heterocycles. The summed E-state index contributed by atoms with van der Waals surface area (Å²) in [5, 5.41) is 10.9. The summed E-state index contributed by atoms with van der Waals surface area (Å²) in [6.45, 7) is 1.30. The molecule has 0 saturated carbocycles. The smallest absolute Gasteiger partial charge is 0.258 e. The van der Waals surface area contributed by atoms with Crippen LogP contribution in [0.1, 0.15) is 6.92 Å². The van der Waals surface area contributed by atoms with E-state index in [1.807, 2.05) is 18.2 Å². The van der Waals surface area contributed by atoms with Crippen molar-refractivity contribution in [2.24, 2.45) is 10.2 Å². The van der Waals surface area contributed by atoms with Crippen LogP contribution < -0.4 is 10.1 Å². The monoisotopic (exact) mass is 368 g/mol. The summed E-state index contributed by atoms with van der Waals surface area (Å²) in [4.78, 5) is 28.4. The number of Topliss-reactive ketones (excluding diaryl/α,β-unsaturated/α-hetero) is 1. The zero-order valence-corrected chi connectivity index (χ0v) is 15.0. The number of para-hydroxylation sites is 1. The Bertz CT molecular complexity index is 969. The van der Waals surface area contributed by atoms with Gasteiger partial charge in [-0.25, -0.2) is 4.98 Å². The van der Waals surface area contributed by atoms with E-state index < -0.39 is 17.7 Å². The molecule has 0 bridgehead atoms. The van der Waals surface area contributed by atoms with Crippen LogP contribution in [0.15, 0.2) is 58.8 Å². The number of benzene rings is 2. The predicted molar refractivity (Wildman–Crippen MR) is 100 cm³/mol. The average Bonchev–Trinajstić information content (AvgIpc) is 3.04. The van der Waals surface area contributed by atoms with Crippen molar-refractivity contribution in [1.82, 2.24) is 4.98 Å². The summed E-state index contributed by atoms with van der Waals surface area (Å²) < 4.78 is 6.06. The maximum Gasteiger partial charge on any atom is 0.258 e. The Kier molecular flexibility index (Phi) is 5.33. The van der Waals surface area contributed by atoms with E-state index in [4.69, 9.17) is 4.74 Å². The SMILES string of the molecule is COc1ccc2nc(N=NC(C(C)=O)C(=O)Nc3ccccc3)sc2c1. The summed E-state index contributed by atoms with van der Waals surface area (Å²) in [6, 6.07) is 13.1. The number of ketones is 1. The zero-order valence-electron chi connectivity index (χ0n) is 14.2. The van der Waals surface area contributed by atoms with Crippen molar-refractivity contribution in [2.75, 3.05) is 12.4 Å². The quantitative estimate of drug-likeness (QED) is 0.526. The number of azo groups is 1. The Labute approximate surface area is 153 Å². The molecule has 1 amide bonds. The molecule has 0 saturated heterocycles. The lowest BCUT2D eigenvalue weighted by atomic mass is 10.2. The van der Waals surface area contributed by atoms with Gasteiger partial charge in [-0.3, -0.25) is 9.59 Å². The molecule has 3 aromatic rings. The Morgan fingerprint density at radius 1 is 1.19 bits per heavy atom. The first-order valence-corrected chi connectivity index (χ1v) is 8.60. The van der Waals surface area contributed by atoms with E-state index in [9.17, 15) is 9.59 Å². The van der Waals surface area contributed by atoms with Crippen LogP contribution in [-0.2, 0) is 9.59 Å². The van der Waals surface area contributed by atoms with Gasteiger partial charge in [0.2, 0.25) is 11.2 Å². The molecular formula is C18H16N4O3S. The number of fused-ring (bicyclic) bond motifs is 1.